The molecule has 2 aromatic rings. The number of nitrogens with one attached hydrogen (secondary N) is 1. The van der Waals surface area contributed by atoms with E-state index < -0.39 is 0 Å². The number of hydrogen-bond acceptors (Lipinski definition) is 3. The van der Waals surface area contributed by atoms with Crippen LogP contribution in [0.4, 0.5) is 0 Å². The Morgan fingerprint density at radius 1 is 1.23 bits per heavy atom. The Bertz CT molecular complexity index is 788. The van der Waals surface area contributed by atoms with Crippen molar-refractivity contribution >= 4 is 16.8 Å². The Balaban J connectivity index is 1.90. The van der Waals surface area contributed by atoms with E-state index in [9.17, 15) is 4.79 Å². The molecule has 5 nitrogen and oxygen atoms in total. The highest BCUT2D eigenvalue weighted by Gasteiger charge is 2.26. The van der Waals surface area contributed by atoms with Gasteiger partial charge in [-0.1, -0.05) is 11.6 Å². The molecule has 26 heavy (non-hydrogen) atoms. The summed E-state index contributed by atoms with van der Waals surface area (Å²) < 4.78 is 5.78. The summed E-state index contributed by atoms with van der Waals surface area (Å²) in [5, 5.41) is 1.15. The van der Waals surface area contributed by atoms with Gasteiger partial charge >= 0.3 is 0 Å². The number of aromatic nitrogens is 1. The van der Waals surface area contributed by atoms with Crippen molar-refractivity contribution in [3.63, 3.8) is 0 Å². The predicted molar refractivity (Wildman–Crippen MR) is 106 cm³/mol. The molecular formula is C21H31N3O2. The minimum absolute atomic E-state index is 0.0769. The normalized spacial score (nSPS) is 17.4. The number of fused-ring (bicyclic) bond motifs is 1. The van der Waals surface area contributed by atoms with Gasteiger partial charge < -0.3 is 19.5 Å². The van der Waals surface area contributed by atoms with Gasteiger partial charge in [0.25, 0.3) is 5.91 Å². The lowest BCUT2D eigenvalue weighted by atomic mass is 10.1. The second-order valence-electron chi connectivity index (χ2n) is 7.82. The van der Waals surface area contributed by atoms with Crippen molar-refractivity contribution in [1.82, 2.24) is 14.8 Å². The summed E-state index contributed by atoms with van der Waals surface area (Å²) in [6.45, 7) is 9.26. The van der Waals surface area contributed by atoms with E-state index in [4.69, 9.17) is 4.74 Å². The smallest absolute Gasteiger partial charge is 0.270 e. The summed E-state index contributed by atoms with van der Waals surface area (Å²) in [6.07, 6.45) is 2.29. The topological polar surface area (TPSA) is 48.6 Å². The Morgan fingerprint density at radius 3 is 2.65 bits per heavy atom. The monoisotopic (exact) mass is 357 g/mol. The van der Waals surface area contributed by atoms with Crippen LogP contribution in [0, 0.1) is 20.8 Å². The van der Waals surface area contributed by atoms with Gasteiger partial charge in [-0.15, -0.1) is 0 Å². The number of aromatic amines is 1. The fourth-order valence-electron chi connectivity index (χ4n) is 3.79. The number of benzene rings is 1. The van der Waals surface area contributed by atoms with Gasteiger partial charge in [0.15, 0.2) is 0 Å². The first kappa shape index (κ1) is 18.9. The van der Waals surface area contributed by atoms with Crippen LogP contribution in [0.5, 0.6) is 0 Å². The highest BCUT2D eigenvalue weighted by Crippen LogP contribution is 2.27. The van der Waals surface area contributed by atoms with Gasteiger partial charge in [-0.05, 0) is 64.9 Å². The number of H-pyrrole nitrogens is 1. The summed E-state index contributed by atoms with van der Waals surface area (Å²) in [4.78, 5) is 20.8. The average Bonchev–Trinajstić information content (AvgIpc) is 3.19. The molecule has 1 aliphatic heterocycles. The molecule has 1 aromatic heterocycles. The third kappa shape index (κ3) is 3.94. The van der Waals surface area contributed by atoms with E-state index in [2.05, 4.69) is 35.9 Å². The number of carbonyl (C=O) groups excluding carboxylic acids is 1. The van der Waals surface area contributed by atoms with Gasteiger partial charge in [0, 0.05) is 37.1 Å². The molecule has 142 valence electrons. The van der Waals surface area contributed by atoms with Crippen LogP contribution in [0.25, 0.3) is 10.9 Å². The molecular weight excluding hydrogens is 326 g/mol. The van der Waals surface area contributed by atoms with Crippen LogP contribution >= 0.6 is 0 Å². The number of hydrogen-bond donors (Lipinski definition) is 1. The lowest BCUT2D eigenvalue weighted by Gasteiger charge is -2.26. The third-order valence-corrected chi connectivity index (χ3v) is 5.28. The zero-order chi connectivity index (χ0) is 18.8. The van der Waals surface area contributed by atoms with Crippen LogP contribution in [-0.4, -0.2) is 67.1 Å². The van der Waals surface area contributed by atoms with Crippen molar-refractivity contribution in [2.24, 2.45) is 0 Å². The molecule has 0 spiro atoms. The molecule has 2 heterocycles. The Kier molecular flexibility index (Phi) is 5.68. The number of nitrogens with zero attached hydrogens (tertiary/aromatic N) is 2. The van der Waals surface area contributed by atoms with Gasteiger partial charge in [0.05, 0.1) is 6.10 Å². The first-order chi connectivity index (χ1) is 12.4. The van der Waals surface area contributed by atoms with Gasteiger partial charge in [-0.2, -0.15) is 0 Å². The Morgan fingerprint density at radius 2 is 2.00 bits per heavy atom. The number of ether oxygens (including phenoxy) is 1. The number of amides is 1. The van der Waals surface area contributed by atoms with Crippen molar-refractivity contribution in [2.75, 3.05) is 40.3 Å². The summed E-state index contributed by atoms with van der Waals surface area (Å²) in [5.74, 6) is 0.0769. The summed E-state index contributed by atoms with van der Waals surface area (Å²) in [5.41, 5.74) is 5.23. The highest BCUT2D eigenvalue weighted by molar-refractivity contribution is 6.01. The maximum atomic E-state index is 13.4. The van der Waals surface area contributed by atoms with Crippen LogP contribution in [-0.2, 0) is 4.74 Å². The standard InChI is InChI=1S/C21H31N3O2/c1-14-11-15(2)19-18(12-14)16(3)20(22-19)21(25)24(9-8-23(4)5)13-17-7-6-10-26-17/h11-12,17,22H,6-10,13H2,1-5H3/t17-/m0/s1. The molecule has 1 aliphatic rings. The van der Waals surface area contributed by atoms with Gasteiger partial charge in [0.2, 0.25) is 0 Å². The summed E-state index contributed by atoms with van der Waals surface area (Å²) >= 11 is 0. The molecule has 5 heteroatoms. The van der Waals surface area contributed by atoms with Crippen LogP contribution in [0.2, 0.25) is 0 Å². The number of carbonyl (C=O) groups is 1. The molecule has 1 saturated heterocycles. The molecule has 1 atom stereocenters. The van der Waals surface area contributed by atoms with E-state index in [1.54, 1.807) is 0 Å². The van der Waals surface area contributed by atoms with Gasteiger partial charge in [0.1, 0.15) is 5.69 Å². The lowest BCUT2D eigenvalue weighted by molar-refractivity contribution is 0.0508. The van der Waals surface area contributed by atoms with Crippen LogP contribution in [0.3, 0.4) is 0 Å². The molecule has 1 amide bonds. The van der Waals surface area contributed by atoms with Crippen LogP contribution in [0.1, 0.15) is 40.0 Å². The first-order valence-electron chi connectivity index (χ1n) is 9.52. The average molecular weight is 357 g/mol. The lowest BCUT2D eigenvalue weighted by Crippen LogP contribution is -2.41. The van der Waals surface area contributed by atoms with E-state index in [1.807, 2.05) is 25.9 Å². The molecule has 0 unspecified atom stereocenters. The molecule has 0 aliphatic carbocycles. The van der Waals surface area contributed by atoms with Crippen molar-refractivity contribution in [2.45, 2.75) is 39.7 Å². The number of rotatable bonds is 6. The minimum atomic E-state index is 0.0769. The first-order valence-corrected chi connectivity index (χ1v) is 9.52. The van der Waals surface area contributed by atoms with E-state index in [1.165, 1.54) is 11.1 Å². The maximum Gasteiger partial charge on any atom is 0.270 e. The highest BCUT2D eigenvalue weighted by atomic mass is 16.5. The summed E-state index contributed by atoms with van der Waals surface area (Å²) in [6, 6.07) is 4.32. The zero-order valence-electron chi connectivity index (χ0n) is 16.7. The third-order valence-electron chi connectivity index (χ3n) is 5.28. The second-order valence-corrected chi connectivity index (χ2v) is 7.82. The molecule has 1 fully saturated rings. The SMILES string of the molecule is Cc1cc(C)c2[nH]c(C(=O)N(CCN(C)C)C[C@@H]3CCCO3)c(C)c2c1. The Labute approximate surface area is 156 Å². The van der Waals surface area contributed by atoms with Crippen molar-refractivity contribution < 1.29 is 9.53 Å². The van der Waals surface area contributed by atoms with E-state index >= 15 is 0 Å². The fraction of sp³-hybridized carbons (Fsp3) is 0.571. The molecule has 1 N–H and O–H groups in total. The second kappa shape index (κ2) is 7.80. The molecule has 0 bridgehead atoms. The quantitative estimate of drug-likeness (QED) is 0.863. The van der Waals surface area contributed by atoms with Crippen molar-refractivity contribution in [3.05, 3.63) is 34.5 Å². The Hall–Kier alpha value is -1.85. The molecule has 0 radical (unpaired) electrons. The van der Waals surface area contributed by atoms with Crippen LogP contribution < -0.4 is 0 Å². The van der Waals surface area contributed by atoms with E-state index in [0.717, 1.165) is 42.5 Å². The largest absolute Gasteiger partial charge is 0.376 e. The minimum Gasteiger partial charge on any atom is -0.376 e. The maximum absolute atomic E-state index is 13.4. The van der Waals surface area contributed by atoms with E-state index in [-0.39, 0.29) is 12.0 Å². The van der Waals surface area contributed by atoms with Gasteiger partial charge in [-0.3, -0.25) is 4.79 Å². The molecule has 0 saturated carbocycles. The predicted octanol–water partition coefficient (Wildman–Crippen LogP) is 3.28. The fourth-order valence-corrected chi connectivity index (χ4v) is 3.79. The molecule has 1 aromatic carbocycles. The zero-order valence-corrected chi connectivity index (χ0v) is 16.7. The van der Waals surface area contributed by atoms with Crippen molar-refractivity contribution in [3.8, 4) is 0 Å². The molecule has 3 rings (SSSR count). The van der Waals surface area contributed by atoms with Crippen molar-refractivity contribution in [1.29, 1.82) is 0 Å². The number of likely N-dealkylation sites (N-methyl/N-ethyl adjacent to an activating group) is 1. The van der Waals surface area contributed by atoms with Gasteiger partial charge in [-0.25, -0.2) is 0 Å². The van der Waals surface area contributed by atoms with Crippen LogP contribution in [0.15, 0.2) is 12.1 Å². The number of aryl methyl sites for hydroxylation is 3. The summed E-state index contributed by atoms with van der Waals surface area (Å²) in [7, 11) is 4.07. The van der Waals surface area contributed by atoms with E-state index in [0.29, 0.717) is 18.8 Å².